The van der Waals surface area contributed by atoms with Crippen LogP contribution in [-0.2, 0) is 5.41 Å². The van der Waals surface area contributed by atoms with Gasteiger partial charge in [-0.05, 0) is 185 Å². The van der Waals surface area contributed by atoms with Gasteiger partial charge in [0, 0.05) is 53.7 Å². The van der Waals surface area contributed by atoms with Crippen LogP contribution in [0.15, 0.2) is 303 Å². The molecule has 1 spiro atoms. The first kappa shape index (κ1) is 48.2. The van der Waals surface area contributed by atoms with Crippen LogP contribution in [0.1, 0.15) is 22.3 Å². The zero-order chi connectivity index (χ0) is 55.7. The van der Waals surface area contributed by atoms with Crippen molar-refractivity contribution in [1.82, 2.24) is 0 Å². The number of rotatable bonds is 8. The minimum atomic E-state index is -0.525. The molecule has 2 aromatic heterocycles. The monoisotopic (exact) mass is 1110 g/mol. The zero-order valence-corrected chi connectivity index (χ0v) is 47.7. The first-order valence-electron chi connectivity index (χ1n) is 29.2. The van der Waals surface area contributed by atoms with Crippen molar-refractivity contribution in [3.63, 3.8) is 0 Å². The van der Waals surface area contributed by atoms with E-state index in [0.717, 1.165) is 22.7 Å². The molecule has 0 aliphatic heterocycles. The van der Waals surface area contributed by atoms with E-state index in [1.807, 2.05) is 22.7 Å². The summed E-state index contributed by atoms with van der Waals surface area (Å²) in [4.78, 5) is 4.83. The molecule has 2 aliphatic carbocycles. The van der Waals surface area contributed by atoms with Crippen molar-refractivity contribution in [3.05, 3.63) is 326 Å². The minimum absolute atomic E-state index is 0.525. The summed E-state index contributed by atoms with van der Waals surface area (Å²) in [6.07, 6.45) is 0. The Morgan fingerprint density at radius 1 is 0.247 bits per heavy atom. The lowest BCUT2D eigenvalue weighted by Gasteiger charge is -2.31. The molecule has 2 nitrogen and oxygen atoms in total. The molecule has 396 valence electrons. The highest BCUT2D eigenvalue weighted by Gasteiger charge is 2.52. The molecule has 0 amide bonds. The van der Waals surface area contributed by atoms with Crippen molar-refractivity contribution in [2.24, 2.45) is 0 Å². The molecule has 0 fully saturated rings. The Bertz CT molecular complexity index is 5320. The van der Waals surface area contributed by atoms with Crippen molar-refractivity contribution in [1.29, 1.82) is 0 Å². The lowest BCUT2D eigenvalue weighted by atomic mass is 9.69. The fraction of sp³-hybridized carbons (Fsp3) is 0.0123. The lowest BCUT2D eigenvalue weighted by Crippen LogP contribution is -2.26. The summed E-state index contributed by atoms with van der Waals surface area (Å²) >= 11 is 3.74. The van der Waals surface area contributed by atoms with Gasteiger partial charge in [-0.25, -0.2) is 0 Å². The molecular weight excluding hydrogens is 1070 g/mol. The average molecular weight is 1120 g/mol. The Balaban J connectivity index is 0.740. The van der Waals surface area contributed by atoms with Gasteiger partial charge in [-0.3, -0.25) is 0 Å². The van der Waals surface area contributed by atoms with Crippen LogP contribution < -0.4 is 9.80 Å². The Morgan fingerprint density at radius 3 is 1.26 bits per heavy atom. The normalized spacial score (nSPS) is 12.8. The van der Waals surface area contributed by atoms with Gasteiger partial charge in [0.05, 0.1) is 26.2 Å². The maximum absolute atomic E-state index is 2.53. The summed E-state index contributed by atoms with van der Waals surface area (Å²) < 4.78 is 5.18. The van der Waals surface area contributed by atoms with Gasteiger partial charge >= 0.3 is 0 Å². The third-order valence-corrected chi connectivity index (χ3v) is 20.6. The third-order valence-electron chi connectivity index (χ3n) is 18.2. The smallest absolute Gasteiger partial charge is 0.0731 e. The molecule has 0 saturated heterocycles. The first-order valence-corrected chi connectivity index (χ1v) is 30.8. The van der Waals surface area contributed by atoms with Crippen molar-refractivity contribution in [2.45, 2.75) is 5.41 Å². The molecule has 14 aromatic carbocycles. The Kier molecular flexibility index (Phi) is 10.7. The van der Waals surface area contributed by atoms with Crippen LogP contribution >= 0.6 is 22.7 Å². The maximum Gasteiger partial charge on any atom is 0.0731 e. The molecule has 0 N–H and O–H groups in total. The number of benzene rings is 14. The third kappa shape index (κ3) is 7.23. The second-order valence-electron chi connectivity index (χ2n) is 22.7. The predicted molar refractivity (Wildman–Crippen MR) is 364 cm³/mol. The highest BCUT2D eigenvalue weighted by molar-refractivity contribution is 7.26. The van der Waals surface area contributed by atoms with Crippen LogP contribution in [0.2, 0.25) is 0 Å². The van der Waals surface area contributed by atoms with Gasteiger partial charge in [0.15, 0.2) is 0 Å². The second-order valence-corrected chi connectivity index (χ2v) is 24.8. The maximum atomic E-state index is 2.53. The number of anilines is 6. The molecule has 16 aromatic rings. The van der Waals surface area contributed by atoms with E-state index in [4.69, 9.17) is 0 Å². The SMILES string of the molecule is c1ccc(N(c2ccc(-c3ccc4cc5c(cc4c3)C3(c4ccccc4-c4ccccc43)c3c-5ccc4cc(-c5ccc(N(c6ccccc6)c6cccc7c6sc6ccccc67)cc5)ccc34)cc2)c2cccc3c2sc2ccccc23)cc1. The van der Waals surface area contributed by atoms with E-state index in [0.29, 0.717) is 0 Å². The molecule has 2 aliphatic rings. The van der Waals surface area contributed by atoms with Crippen molar-refractivity contribution in [3.8, 4) is 44.5 Å². The largest absolute Gasteiger partial charge is 0.309 e. The molecular formula is C81H50N2S2. The van der Waals surface area contributed by atoms with Crippen molar-refractivity contribution >= 4 is 119 Å². The van der Waals surface area contributed by atoms with Gasteiger partial charge in [-0.15, -0.1) is 22.7 Å². The van der Waals surface area contributed by atoms with E-state index in [1.165, 1.54) is 140 Å². The van der Waals surface area contributed by atoms with Crippen molar-refractivity contribution < 1.29 is 0 Å². The van der Waals surface area contributed by atoms with Crippen LogP contribution in [0, 0.1) is 0 Å². The Morgan fingerprint density at radius 2 is 0.694 bits per heavy atom. The summed E-state index contributed by atoms with van der Waals surface area (Å²) in [5.74, 6) is 0. The highest BCUT2D eigenvalue weighted by atomic mass is 32.1. The van der Waals surface area contributed by atoms with Crippen LogP contribution in [0.5, 0.6) is 0 Å². The molecule has 0 atom stereocenters. The zero-order valence-electron chi connectivity index (χ0n) is 46.1. The first-order chi connectivity index (χ1) is 42.1. The summed E-state index contributed by atoms with van der Waals surface area (Å²) in [5, 5.41) is 10.2. The van der Waals surface area contributed by atoms with E-state index in [-0.39, 0.29) is 0 Å². The number of hydrogen-bond acceptors (Lipinski definition) is 4. The number of fused-ring (bicyclic) bond motifs is 19. The number of hydrogen-bond donors (Lipinski definition) is 0. The Hall–Kier alpha value is -10.4. The Labute approximate surface area is 500 Å². The van der Waals surface area contributed by atoms with Gasteiger partial charge in [-0.1, -0.05) is 206 Å². The van der Waals surface area contributed by atoms with E-state index in [2.05, 4.69) is 313 Å². The van der Waals surface area contributed by atoms with E-state index in [1.54, 1.807) is 0 Å². The molecule has 0 bridgehead atoms. The molecule has 85 heavy (non-hydrogen) atoms. The standard InChI is InChI=1S/C81H50N2S2/c1-3-17-58(18-4-1)82(74-29-15-25-68-65-23-9-13-31-76(65)84-79(68)74)60-41-35-51(36-42-60)53-33-34-55-49-70-67-46-40-56-47-54(39-45-62(56)78(67)81(73(70)50-57(55)48-53)71-27-11-7-21-63(71)64-22-8-12-28-72(64)81)52-37-43-61(44-38-52)83(59-19-5-2-6-20-59)75-30-16-26-69-66-24-10-14-32-77(66)85-80(69)75/h1-50H. The minimum Gasteiger partial charge on any atom is -0.309 e. The summed E-state index contributed by atoms with van der Waals surface area (Å²) in [5.41, 5.74) is 21.7. The van der Waals surface area contributed by atoms with Gasteiger partial charge in [0.25, 0.3) is 0 Å². The second kappa shape index (κ2) is 18.8. The van der Waals surface area contributed by atoms with Crippen molar-refractivity contribution in [2.75, 3.05) is 9.80 Å². The van der Waals surface area contributed by atoms with Gasteiger partial charge in [0.2, 0.25) is 0 Å². The summed E-state index contributed by atoms with van der Waals surface area (Å²) in [6, 6.07) is 113. The number of para-hydroxylation sites is 2. The fourth-order valence-corrected chi connectivity index (χ4v) is 16.9. The lowest BCUT2D eigenvalue weighted by molar-refractivity contribution is 0.802. The highest BCUT2D eigenvalue weighted by Crippen LogP contribution is 2.65. The molecule has 2 heterocycles. The van der Waals surface area contributed by atoms with Gasteiger partial charge < -0.3 is 9.80 Å². The average Bonchev–Trinajstić information content (AvgIpc) is 1.60. The van der Waals surface area contributed by atoms with Crippen LogP contribution in [0.4, 0.5) is 34.1 Å². The molecule has 0 saturated carbocycles. The van der Waals surface area contributed by atoms with E-state index in [9.17, 15) is 0 Å². The van der Waals surface area contributed by atoms with Crippen LogP contribution in [-0.4, -0.2) is 0 Å². The molecule has 18 rings (SSSR count). The molecule has 0 radical (unpaired) electrons. The molecule has 0 unspecified atom stereocenters. The predicted octanol–water partition coefficient (Wildman–Crippen LogP) is 23.3. The summed E-state index contributed by atoms with van der Waals surface area (Å²) in [7, 11) is 0. The number of thiophene rings is 2. The van der Waals surface area contributed by atoms with Gasteiger partial charge in [0.1, 0.15) is 0 Å². The van der Waals surface area contributed by atoms with Gasteiger partial charge in [-0.2, -0.15) is 0 Å². The molecule has 4 heteroatoms. The quantitative estimate of drug-likeness (QED) is 0.150. The van der Waals surface area contributed by atoms with E-state index < -0.39 is 5.41 Å². The van der Waals surface area contributed by atoms with Crippen LogP contribution in [0.25, 0.3) is 106 Å². The van der Waals surface area contributed by atoms with E-state index >= 15 is 0 Å². The number of nitrogens with zero attached hydrogens (tertiary/aromatic N) is 2. The van der Waals surface area contributed by atoms with Crippen LogP contribution in [0.3, 0.4) is 0 Å². The summed E-state index contributed by atoms with van der Waals surface area (Å²) in [6.45, 7) is 0. The topological polar surface area (TPSA) is 6.48 Å². The fourth-order valence-electron chi connectivity index (χ4n) is 14.5.